The van der Waals surface area contributed by atoms with Crippen LogP contribution in [0.25, 0.3) is 0 Å². The van der Waals surface area contributed by atoms with Crippen LogP contribution in [0.4, 0.5) is 11.4 Å². The van der Waals surface area contributed by atoms with E-state index in [4.69, 9.17) is 4.74 Å². The fourth-order valence-corrected chi connectivity index (χ4v) is 6.66. The molecule has 1 N–H and O–H groups in total. The second kappa shape index (κ2) is 9.25. The quantitative estimate of drug-likeness (QED) is 0.430. The molecule has 0 atom stereocenters. The second-order valence-corrected chi connectivity index (χ2v) is 11.0. The predicted molar refractivity (Wildman–Crippen MR) is 132 cm³/mol. The highest BCUT2D eigenvalue weighted by Crippen LogP contribution is 2.33. The van der Waals surface area contributed by atoms with Crippen molar-refractivity contribution in [2.45, 2.75) is 18.2 Å². The number of amides is 1. The third-order valence-electron chi connectivity index (χ3n) is 5.11. The van der Waals surface area contributed by atoms with Crippen LogP contribution in [-0.2, 0) is 21.2 Å². The zero-order valence-corrected chi connectivity index (χ0v) is 21.1. The van der Waals surface area contributed by atoms with E-state index in [1.54, 1.807) is 12.1 Å². The van der Waals surface area contributed by atoms with Crippen LogP contribution < -0.4 is 14.4 Å². The average molecular weight is 580 g/mol. The summed E-state index contributed by atoms with van der Waals surface area (Å²) in [5.74, 6) is 0.249. The van der Waals surface area contributed by atoms with Crippen LogP contribution in [0.2, 0.25) is 0 Å². The number of fused-ring (bicyclic) bond motifs is 1. The monoisotopic (exact) mass is 578 g/mol. The molecule has 32 heavy (non-hydrogen) atoms. The van der Waals surface area contributed by atoms with Crippen LogP contribution >= 0.6 is 31.9 Å². The number of sulfonamides is 1. The maximum Gasteiger partial charge on any atom is 0.264 e. The normalized spacial score (nSPS) is 13.0. The van der Waals surface area contributed by atoms with Gasteiger partial charge in [-0.3, -0.25) is 9.10 Å². The Labute approximate surface area is 203 Å². The number of hydrogen-bond acceptors (Lipinski definition) is 4. The molecular weight excluding hydrogens is 560 g/mol. The van der Waals surface area contributed by atoms with Gasteiger partial charge in [0.1, 0.15) is 5.75 Å². The fraction of sp³-hybridized carbons (Fsp3) is 0.174. The standard InChI is InChI=1S/C23H20Br2N2O4S/c1-15-12-17(24)13-20(25)23(15)31-14-22(28)26-18-6-8-19(9-7-18)32(29,30)27-11-10-16-4-2-3-5-21(16)27/h2-9,12-13H,10-11,14H2,1H3,(H,26,28). The lowest BCUT2D eigenvalue weighted by Crippen LogP contribution is -2.29. The molecule has 0 saturated heterocycles. The summed E-state index contributed by atoms with van der Waals surface area (Å²) in [6.07, 6.45) is 0.692. The smallest absolute Gasteiger partial charge is 0.264 e. The number of nitrogens with one attached hydrogen (secondary N) is 1. The van der Waals surface area contributed by atoms with E-state index in [0.29, 0.717) is 24.4 Å². The molecule has 0 bridgehead atoms. The number of benzene rings is 3. The summed E-state index contributed by atoms with van der Waals surface area (Å²) in [6, 6.07) is 17.4. The number of aryl methyl sites for hydroxylation is 1. The minimum atomic E-state index is -3.67. The molecule has 4 rings (SSSR count). The lowest BCUT2D eigenvalue weighted by Gasteiger charge is -2.19. The first-order valence-electron chi connectivity index (χ1n) is 9.85. The Balaban J connectivity index is 1.41. The van der Waals surface area contributed by atoms with Crippen molar-refractivity contribution < 1.29 is 17.9 Å². The van der Waals surface area contributed by atoms with Crippen LogP contribution in [-0.4, -0.2) is 27.5 Å². The number of carbonyl (C=O) groups is 1. The van der Waals surface area contributed by atoms with Crippen LogP contribution in [0.3, 0.4) is 0 Å². The van der Waals surface area contributed by atoms with Crippen LogP contribution in [0.15, 0.2) is 74.5 Å². The molecule has 1 amide bonds. The van der Waals surface area contributed by atoms with Crippen molar-refractivity contribution in [1.82, 2.24) is 0 Å². The van der Waals surface area contributed by atoms with Gasteiger partial charge in [0, 0.05) is 16.7 Å². The summed E-state index contributed by atoms with van der Waals surface area (Å²) < 4.78 is 34.9. The van der Waals surface area contributed by atoms with E-state index in [2.05, 4.69) is 37.2 Å². The van der Waals surface area contributed by atoms with E-state index in [1.165, 1.54) is 16.4 Å². The highest BCUT2D eigenvalue weighted by atomic mass is 79.9. The lowest BCUT2D eigenvalue weighted by atomic mass is 10.2. The Hall–Kier alpha value is -2.36. The lowest BCUT2D eigenvalue weighted by molar-refractivity contribution is -0.118. The van der Waals surface area contributed by atoms with Crippen LogP contribution in [0, 0.1) is 6.92 Å². The van der Waals surface area contributed by atoms with Crippen LogP contribution in [0.5, 0.6) is 5.75 Å². The largest absolute Gasteiger partial charge is 0.482 e. The molecule has 0 aliphatic carbocycles. The predicted octanol–water partition coefficient (Wildman–Crippen LogP) is 5.29. The molecule has 0 aromatic heterocycles. The number of para-hydroxylation sites is 1. The summed E-state index contributed by atoms with van der Waals surface area (Å²) >= 11 is 6.84. The number of rotatable bonds is 6. The molecule has 0 saturated carbocycles. The van der Waals surface area contributed by atoms with Gasteiger partial charge < -0.3 is 10.1 Å². The van der Waals surface area contributed by atoms with Gasteiger partial charge in [-0.05, 0) is 82.9 Å². The maximum absolute atomic E-state index is 13.1. The minimum absolute atomic E-state index is 0.175. The van der Waals surface area contributed by atoms with E-state index in [9.17, 15) is 13.2 Å². The Kier molecular flexibility index (Phi) is 6.60. The Morgan fingerprint density at radius 3 is 2.53 bits per heavy atom. The van der Waals surface area contributed by atoms with Gasteiger partial charge in [0.2, 0.25) is 0 Å². The Morgan fingerprint density at radius 2 is 1.81 bits per heavy atom. The molecule has 0 unspecified atom stereocenters. The van der Waals surface area contributed by atoms with Crippen molar-refractivity contribution in [2.75, 3.05) is 22.8 Å². The molecule has 0 fully saturated rings. The molecule has 1 aliphatic heterocycles. The Morgan fingerprint density at radius 1 is 1.09 bits per heavy atom. The molecule has 9 heteroatoms. The van der Waals surface area contributed by atoms with Gasteiger partial charge in [-0.25, -0.2) is 8.42 Å². The van der Waals surface area contributed by atoms with Gasteiger partial charge in [0.15, 0.2) is 6.61 Å². The first-order chi connectivity index (χ1) is 15.3. The third-order valence-corrected chi connectivity index (χ3v) is 7.99. The van der Waals surface area contributed by atoms with Gasteiger partial charge in [0.05, 0.1) is 15.1 Å². The van der Waals surface area contributed by atoms with E-state index in [0.717, 1.165) is 25.8 Å². The molecule has 3 aromatic rings. The van der Waals surface area contributed by atoms with Gasteiger partial charge >= 0.3 is 0 Å². The summed E-state index contributed by atoms with van der Waals surface area (Å²) in [5.41, 5.74) is 3.12. The number of ether oxygens (including phenoxy) is 1. The zero-order chi connectivity index (χ0) is 22.9. The molecule has 3 aromatic carbocycles. The van der Waals surface area contributed by atoms with E-state index < -0.39 is 10.0 Å². The number of anilines is 2. The number of carbonyl (C=O) groups excluding carboxylic acids is 1. The highest BCUT2D eigenvalue weighted by molar-refractivity contribution is 9.11. The molecule has 1 heterocycles. The third kappa shape index (κ3) is 4.69. The number of nitrogens with zero attached hydrogens (tertiary/aromatic N) is 1. The zero-order valence-electron chi connectivity index (χ0n) is 17.1. The van der Waals surface area contributed by atoms with Crippen molar-refractivity contribution in [3.8, 4) is 5.75 Å². The number of hydrogen-bond donors (Lipinski definition) is 1. The van der Waals surface area contributed by atoms with Gasteiger partial charge in [-0.15, -0.1) is 0 Å². The molecule has 6 nitrogen and oxygen atoms in total. The summed E-state index contributed by atoms with van der Waals surface area (Å²) in [6.45, 7) is 2.13. The second-order valence-electron chi connectivity index (χ2n) is 7.35. The van der Waals surface area contributed by atoms with Gasteiger partial charge in [-0.1, -0.05) is 34.1 Å². The van der Waals surface area contributed by atoms with E-state index in [1.807, 2.05) is 43.3 Å². The maximum atomic E-state index is 13.1. The first kappa shape index (κ1) is 22.8. The molecular formula is C23H20Br2N2O4S. The minimum Gasteiger partial charge on any atom is -0.482 e. The SMILES string of the molecule is Cc1cc(Br)cc(Br)c1OCC(=O)Nc1ccc(S(=O)(=O)N2CCc3ccccc32)cc1. The molecule has 0 radical (unpaired) electrons. The molecule has 0 spiro atoms. The van der Waals surface area contributed by atoms with Crippen molar-refractivity contribution in [2.24, 2.45) is 0 Å². The van der Waals surface area contributed by atoms with Crippen LogP contribution in [0.1, 0.15) is 11.1 Å². The summed E-state index contributed by atoms with van der Waals surface area (Å²) in [7, 11) is -3.67. The van der Waals surface area contributed by atoms with Crippen molar-refractivity contribution in [1.29, 1.82) is 0 Å². The molecule has 166 valence electrons. The van der Waals surface area contributed by atoms with Crippen molar-refractivity contribution in [3.63, 3.8) is 0 Å². The van der Waals surface area contributed by atoms with Gasteiger partial charge in [0.25, 0.3) is 15.9 Å². The summed E-state index contributed by atoms with van der Waals surface area (Å²) in [5, 5.41) is 2.73. The highest BCUT2D eigenvalue weighted by Gasteiger charge is 2.30. The van der Waals surface area contributed by atoms with Crippen molar-refractivity contribution in [3.05, 3.63) is 80.7 Å². The van der Waals surface area contributed by atoms with E-state index in [-0.39, 0.29) is 17.4 Å². The first-order valence-corrected chi connectivity index (χ1v) is 12.9. The fourth-order valence-electron chi connectivity index (χ4n) is 3.60. The topological polar surface area (TPSA) is 75.7 Å². The molecule has 1 aliphatic rings. The van der Waals surface area contributed by atoms with E-state index >= 15 is 0 Å². The summed E-state index contributed by atoms with van der Waals surface area (Å²) in [4.78, 5) is 12.5. The number of halogens is 2. The Bertz CT molecular complexity index is 1250. The average Bonchev–Trinajstić information content (AvgIpc) is 3.18. The van der Waals surface area contributed by atoms with Gasteiger partial charge in [-0.2, -0.15) is 0 Å². The van der Waals surface area contributed by atoms with Crippen molar-refractivity contribution >= 4 is 59.2 Å².